The van der Waals surface area contributed by atoms with Crippen LogP contribution in [0, 0.1) is 0 Å². The van der Waals surface area contributed by atoms with E-state index in [1.165, 1.54) is 5.56 Å². The van der Waals surface area contributed by atoms with E-state index in [0.29, 0.717) is 13.0 Å². The highest BCUT2D eigenvalue weighted by Crippen LogP contribution is 2.30. The minimum absolute atomic E-state index is 0.219. The molecule has 1 fully saturated rings. The minimum atomic E-state index is 0.219. The molecule has 3 rings (SSSR count). The monoisotopic (exact) mass is 340 g/mol. The zero-order valence-corrected chi connectivity index (χ0v) is 14.7. The number of anilines is 1. The van der Waals surface area contributed by atoms with Gasteiger partial charge in [-0.05, 0) is 30.2 Å². The normalized spacial score (nSPS) is 14.0. The van der Waals surface area contributed by atoms with E-state index in [0.717, 1.165) is 42.3 Å². The second-order valence-electron chi connectivity index (χ2n) is 6.07. The molecule has 0 bridgehead atoms. The maximum atomic E-state index is 11.8. The number of nitrogens with zero attached hydrogens (tertiary/aromatic N) is 1. The molecule has 0 unspecified atom stereocenters. The summed E-state index contributed by atoms with van der Waals surface area (Å²) in [5, 5.41) is 3.43. The summed E-state index contributed by atoms with van der Waals surface area (Å²) in [6.07, 6.45) is 1.61. The van der Waals surface area contributed by atoms with Crippen LogP contribution < -0.4 is 19.7 Å². The Kier molecular flexibility index (Phi) is 5.56. The first-order chi connectivity index (χ1) is 12.2. The maximum Gasteiger partial charge on any atom is 0.227 e. The van der Waals surface area contributed by atoms with Gasteiger partial charge in [-0.2, -0.15) is 0 Å². The molecule has 0 saturated carbocycles. The van der Waals surface area contributed by atoms with Gasteiger partial charge in [-0.15, -0.1) is 0 Å². The number of hydrogen-bond donors (Lipinski definition) is 1. The smallest absolute Gasteiger partial charge is 0.227 e. The van der Waals surface area contributed by atoms with Crippen molar-refractivity contribution in [3.05, 3.63) is 53.6 Å². The summed E-state index contributed by atoms with van der Waals surface area (Å²) < 4.78 is 10.8. The zero-order valence-electron chi connectivity index (χ0n) is 14.7. The van der Waals surface area contributed by atoms with Gasteiger partial charge in [0, 0.05) is 37.3 Å². The molecule has 1 amide bonds. The summed E-state index contributed by atoms with van der Waals surface area (Å²) in [7, 11) is 3.29. The third-order valence-electron chi connectivity index (χ3n) is 4.45. The molecule has 2 aromatic rings. The third-order valence-corrected chi connectivity index (χ3v) is 4.45. The molecular weight excluding hydrogens is 316 g/mol. The van der Waals surface area contributed by atoms with Crippen molar-refractivity contribution >= 4 is 11.6 Å². The first kappa shape index (κ1) is 17.3. The SMILES string of the molecule is COc1cccc(CNCc2ccc(N3CCCC3=O)cc2)c1OC. The molecule has 0 aliphatic carbocycles. The largest absolute Gasteiger partial charge is 0.493 e. The molecule has 1 aliphatic heterocycles. The first-order valence-electron chi connectivity index (χ1n) is 8.53. The van der Waals surface area contributed by atoms with Gasteiger partial charge in [0.05, 0.1) is 14.2 Å². The Morgan fingerprint density at radius 2 is 1.84 bits per heavy atom. The van der Waals surface area contributed by atoms with Crippen molar-refractivity contribution in [3.8, 4) is 11.5 Å². The molecule has 25 heavy (non-hydrogen) atoms. The second kappa shape index (κ2) is 8.03. The first-order valence-corrected chi connectivity index (χ1v) is 8.53. The van der Waals surface area contributed by atoms with Crippen LogP contribution >= 0.6 is 0 Å². The number of carbonyl (C=O) groups is 1. The van der Waals surface area contributed by atoms with Gasteiger partial charge in [-0.3, -0.25) is 4.79 Å². The lowest BCUT2D eigenvalue weighted by atomic mass is 10.1. The molecule has 0 spiro atoms. The quantitative estimate of drug-likeness (QED) is 0.841. The Morgan fingerprint density at radius 3 is 2.48 bits per heavy atom. The summed E-state index contributed by atoms with van der Waals surface area (Å²) in [5.41, 5.74) is 3.22. The van der Waals surface area contributed by atoms with Crippen molar-refractivity contribution < 1.29 is 14.3 Å². The Hall–Kier alpha value is -2.53. The Labute approximate surface area is 148 Å². The lowest BCUT2D eigenvalue weighted by Crippen LogP contribution is -2.23. The van der Waals surface area contributed by atoms with Crippen LogP contribution in [0.2, 0.25) is 0 Å². The Balaban J connectivity index is 1.58. The summed E-state index contributed by atoms with van der Waals surface area (Å²) in [6, 6.07) is 14.0. The molecule has 0 radical (unpaired) electrons. The second-order valence-corrected chi connectivity index (χ2v) is 6.07. The number of hydrogen-bond acceptors (Lipinski definition) is 4. The number of carbonyl (C=O) groups excluding carboxylic acids is 1. The molecule has 0 aromatic heterocycles. The molecule has 132 valence electrons. The number of methoxy groups -OCH3 is 2. The molecule has 1 aliphatic rings. The van der Waals surface area contributed by atoms with E-state index in [-0.39, 0.29) is 5.91 Å². The lowest BCUT2D eigenvalue weighted by Gasteiger charge is -2.16. The third kappa shape index (κ3) is 3.94. The molecule has 5 heteroatoms. The van der Waals surface area contributed by atoms with Crippen LogP contribution in [0.5, 0.6) is 11.5 Å². The van der Waals surface area contributed by atoms with Gasteiger partial charge in [-0.1, -0.05) is 24.3 Å². The minimum Gasteiger partial charge on any atom is -0.493 e. The van der Waals surface area contributed by atoms with Gasteiger partial charge in [0.15, 0.2) is 11.5 Å². The van der Waals surface area contributed by atoms with Crippen molar-refractivity contribution in [1.29, 1.82) is 0 Å². The highest BCUT2D eigenvalue weighted by Gasteiger charge is 2.21. The summed E-state index contributed by atoms with van der Waals surface area (Å²) >= 11 is 0. The Bertz CT molecular complexity index is 728. The van der Waals surface area contributed by atoms with E-state index < -0.39 is 0 Å². The highest BCUT2D eigenvalue weighted by atomic mass is 16.5. The standard InChI is InChI=1S/C20H24N2O3/c1-24-18-6-3-5-16(20(18)25-2)14-21-13-15-8-10-17(11-9-15)22-12-4-7-19(22)23/h3,5-6,8-11,21H,4,7,12-14H2,1-2H3. The molecule has 1 saturated heterocycles. The van der Waals surface area contributed by atoms with E-state index >= 15 is 0 Å². The summed E-state index contributed by atoms with van der Waals surface area (Å²) in [5.74, 6) is 1.72. The van der Waals surface area contributed by atoms with Crippen molar-refractivity contribution in [2.45, 2.75) is 25.9 Å². The van der Waals surface area contributed by atoms with E-state index in [4.69, 9.17) is 9.47 Å². The van der Waals surface area contributed by atoms with Crippen molar-refractivity contribution in [2.24, 2.45) is 0 Å². The predicted molar refractivity (Wildman–Crippen MR) is 98.1 cm³/mol. The zero-order chi connectivity index (χ0) is 17.6. The van der Waals surface area contributed by atoms with Crippen molar-refractivity contribution in [3.63, 3.8) is 0 Å². The predicted octanol–water partition coefficient (Wildman–Crippen LogP) is 3.12. The fraction of sp³-hybridized carbons (Fsp3) is 0.350. The highest BCUT2D eigenvalue weighted by molar-refractivity contribution is 5.95. The number of nitrogens with one attached hydrogen (secondary N) is 1. The van der Waals surface area contributed by atoms with Gasteiger partial charge >= 0.3 is 0 Å². The Morgan fingerprint density at radius 1 is 1.04 bits per heavy atom. The number of rotatable bonds is 7. The van der Waals surface area contributed by atoms with Crippen LogP contribution in [0.15, 0.2) is 42.5 Å². The van der Waals surface area contributed by atoms with Crippen molar-refractivity contribution in [2.75, 3.05) is 25.7 Å². The van der Waals surface area contributed by atoms with E-state index in [1.807, 2.05) is 35.2 Å². The molecule has 2 aromatic carbocycles. The molecular formula is C20H24N2O3. The average Bonchev–Trinajstić information content (AvgIpc) is 3.08. The van der Waals surface area contributed by atoms with E-state index in [1.54, 1.807) is 14.2 Å². The van der Waals surface area contributed by atoms with Crippen LogP contribution in [-0.2, 0) is 17.9 Å². The maximum absolute atomic E-state index is 11.8. The number of para-hydroxylation sites is 1. The van der Waals surface area contributed by atoms with Gasteiger partial charge in [-0.25, -0.2) is 0 Å². The lowest BCUT2D eigenvalue weighted by molar-refractivity contribution is -0.117. The van der Waals surface area contributed by atoms with Gasteiger partial charge in [0.1, 0.15) is 0 Å². The van der Waals surface area contributed by atoms with E-state index in [2.05, 4.69) is 17.4 Å². The fourth-order valence-corrected chi connectivity index (χ4v) is 3.15. The van der Waals surface area contributed by atoms with E-state index in [9.17, 15) is 4.79 Å². The van der Waals surface area contributed by atoms with Crippen LogP contribution in [0.4, 0.5) is 5.69 Å². The van der Waals surface area contributed by atoms with Crippen LogP contribution in [-0.4, -0.2) is 26.7 Å². The molecule has 1 N–H and O–H groups in total. The van der Waals surface area contributed by atoms with Gasteiger partial charge in [0.25, 0.3) is 0 Å². The van der Waals surface area contributed by atoms with Gasteiger partial charge < -0.3 is 19.7 Å². The molecule has 5 nitrogen and oxygen atoms in total. The average molecular weight is 340 g/mol. The fourth-order valence-electron chi connectivity index (χ4n) is 3.15. The number of benzene rings is 2. The van der Waals surface area contributed by atoms with Crippen LogP contribution in [0.25, 0.3) is 0 Å². The summed E-state index contributed by atoms with van der Waals surface area (Å²) in [6.45, 7) is 2.26. The summed E-state index contributed by atoms with van der Waals surface area (Å²) in [4.78, 5) is 13.7. The molecule has 0 atom stereocenters. The van der Waals surface area contributed by atoms with Crippen molar-refractivity contribution in [1.82, 2.24) is 5.32 Å². The topological polar surface area (TPSA) is 50.8 Å². The number of ether oxygens (including phenoxy) is 2. The van der Waals surface area contributed by atoms with Crippen LogP contribution in [0.1, 0.15) is 24.0 Å². The van der Waals surface area contributed by atoms with Gasteiger partial charge in [0.2, 0.25) is 5.91 Å². The number of amides is 1. The van der Waals surface area contributed by atoms with Crippen LogP contribution in [0.3, 0.4) is 0 Å². The molecule has 1 heterocycles.